The molecule has 0 saturated heterocycles. The molecule has 1 N–H and O–H groups in total. The zero-order valence-electron chi connectivity index (χ0n) is 15.5. The molecule has 0 fully saturated rings. The number of fused-ring (bicyclic) bond motifs is 1. The minimum Gasteiger partial charge on any atom is -0.481 e. The number of carbonyl (C=O) groups excluding carboxylic acids is 1. The predicted octanol–water partition coefficient (Wildman–Crippen LogP) is 5.33. The van der Waals surface area contributed by atoms with Crippen LogP contribution in [0.4, 0.5) is 0 Å². The average Bonchev–Trinajstić information content (AvgIpc) is 3.20. The first-order chi connectivity index (χ1) is 14.6. The number of benzene rings is 2. The van der Waals surface area contributed by atoms with Crippen molar-refractivity contribution in [2.45, 2.75) is 0 Å². The lowest BCUT2D eigenvalue weighted by Gasteiger charge is -2.07. The van der Waals surface area contributed by atoms with Crippen molar-refractivity contribution < 1.29 is 13.9 Å². The molecule has 0 aliphatic carbocycles. The molecule has 2 heterocycles. The Labute approximate surface area is 182 Å². The van der Waals surface area contributed by atoms with Crippen LogP contribution in [0.25, 0.3) is 22.2 Å². The zero-order chi connectivity index (χ0) is 20.9. The van der Waals surface area contributed by atoms with E-state index in [1.807, 2.05) is 24.3 Å². The van der Waals surface area contributed by atoms with Crippen molar-refractivity contribution in [2.24, 2.45) is 5.10 Å². The maximum Gasteiger partial charge on any atom is 0.277 e. The molecule has 1 amide bonds. The van der Waals surface area contributed by atoms with Crippen LogP contribution in [-0.4, -0.2) is 23.7 Å². The molecule has 2 aromatic carbocycles. The van der Waals surface area contributed by atoms with E-state index in [2.05, 4.69) is 15.5 Å². The van der Waals surface area contributed by atoms with Crippen LogP contribution in [0.3, 0.4) is 0 Å². The van der Waals surface area contributed by atoms with Crippen molar-refractivity contribution >= 4 is 46.2 Å². The van der Waals surface area contributed by atoms with Gasteiger partial charge in [0.05, 0.1) is 11.2 Å². The number of furan rings is 1. The Hall–Kier alpha value is -3.35. The molecule has 0 aliphatic rings. The maximum atomic E-state index is 12.0. The largest absolute Gasteiger partial charge is 0.481 e. The molecular weight excluding hydrogens is 425 g/mol. The quantitative estimate of drug-likeness (QED) is 0.325. The van der Waals surface area contributed by atoms with Crippen molar-refractivity contribution in [1.82, 2.24) is 10.4 Å². The van der Waals surface area contributed by atoms with E-state index in [1.165, 1.54) is 6.21 Å². The minimum absolute atomic E-state index is 0.198. The summed E-state index contributed by atoms with van der Waals surface area (Å²) in [5, 5.41) is 5.85. The second-order valence-electron chi connectivity index (χ2n) is 6.24. The topological polar surface area (TPSA) is 76.7 Å². The van der Waals surface area contributed by atoms with E-state index in [9.17, 15) is 4.79 Å². The van der Waals surface area contributed by atoms with Crippen LogP contribution in [0, 0.1) is 0 Å². The van der Waals surface area contributed by atoms with Crippen LogP contribution >= 0.6 is 23.2 Å². The number of ether oxygens (including phenoxy) is 1. The molecule has 4 rings (SSSR count). The highest BCUT2D eigenvalue weighted by molar-refractivity contribution is 6.36. The summed E-state index contributed by atoms with van der Waals surface area (Å²) in [5.41, 5.74) is 3.80. The molecule has 6 nitrogen and oxygen atoms in total. The van der Waals surface area contributed by atoms with Crippen LogP contribution in [-0.2, 0) is 4.79 Å². The first-order valence-corrected chi connectivity index (χ1v) is 9.69. The molecule has 0 atom stereocenters. The number of nitrogens with one attached hydrogen (secondary N) is 1. The molecule has 0 spiro atoms. The number of para-hydroxylation sites is 1. The van der Waals surface area contributed by atoms with Gasteiger partial charge in [-0.1, -0.05) is 41.4 Å². The fourth-order valence-corrected chi connectivity index (χ4v) is 3.29. The van der Waals surface area contributed by atoms with Gasteiger partial charge in [0.15, 0.2) is 6.61 Å². The molecule has 30 heavy (non-hydrogen) atoms. The van der Waals surface area contributed by atoms with E-state index in [4.69, 9.17) is 32.4 Å². The van der Waals surface area contributed by atoms with Gasteiger partial charge in [-0.05, 0) is 42.5 Å². The highest BCUT2D eigenvalue weighted by atomic mass is 35.5. The van der Waals surface area contributed by atoms with E-state index in [1.54, 1.807) is 42.6 Å². The highest BCUT2D eigenvalue weighted by Gasteiger charge is 2.09. The summed E-state index contributed by atoms with van der Waals surface area (Å²) < 4.78 is 11.3. The first-order valence-electron chi connectivity index (χ1n) is 8.94. The molecule has 2 aromatic heterocycles. The molecule has 0 aliphatic heterocycles. The van der Waals surface area contributed by atoms with Gasteiger partial charge in [-0.15, -0.1) is 0 Å². The Morgan fingerprint density at radius 3 is 2.87 bits per heavy atom. The summed E-state index contributed by atoms with van der Waals surface area (Å²) >= 11 is 12.1. The van der Waals surface area contributed by atoms with Gasteiger partial charge in [0.25, 0.3) is 5.91 Å². The minimum atomic E-state index is -0.410. The van der Waals surface area contributed by atoms with Gasteiger partial charge in [-0.25, -0.2) is 5.43 Å². The summed E-state index contributed by atoms with van der Waals surface area (Å²) in [6, 6.07) is 17.9. The number of nitrogens with zero attached hydrogens (tertiary/aromatic N) is 2. The Kier molecular flexibility index (Phi) is 5.97. The molecule has 0 radical (unpaired) electrons. The molecule has 0 unspecified atom stereocenters. The van der Waals surface area contributed by atoms with Gasteiger partial charge in [-0.3, -0.25) is 9.78 Å². The standard InChI is InChI=1S/C22H15Cl2N3O3/c23-15-6-8-17(18(24)11-15)19-9-7-16(30-19)12-26-27-21(28)13-29-20-5-1-3-14-4-2-10-25-22(14)20/h1-12H,13H2,(H,27,28)/b26-12-. The third kappa shape index (κ3) is 4.62. The summed E-state index contributed by atoms with van der Waals surface area (Å²) in [6.45, 7) is -0.198. The van der Waals surface area contributed by atoms with Crippen LogP contribution in [0.15, 0.2) is 76.4 Å². The third-order valence-corrected chi connectivity index (χ3v) is 4.71. The predicted molar refractivity (Wildman–Crippen MR) is 117 cm³/mol. The lowest BCUT2D eigenvalue weighted by atomic mass is 10.2. The van der Waals surface area contributed by atoms with Crippen molar-refractivity contribution in [3.05, 3.63) is 82.7 Å². The lowest BCUT2D eigenvalue weighted by Crippen LogP contribution is -2.24. The number of hydrogen-bond acceptors (Lipinski definition) is 5. The van der Waals surface area contributed by atoms with Gasteiger partial charge < -0.3 is 9.15 Å². The Balaban J connectivity index is 1.34. The van der Waals surface area contributed by atoms with Crippen molar-refractivity contribution in [2.75, 3.05) is 6.61 Å². The Morgan fingerprint density at radius 1 is 1.13 bits per heavy atom. The van der Waals surface area contributed by atoms with E-state index in [0.29, 0.717) is 38.4 Å². The average molecular weight is 440 g/mol. The van der Waals surface area contributed by atoms with Crippen molar-refractivity contribution in [1.29, 1.82) is 0 Å². The number of hydrazone groups is 1. The monoisotopic (exact) mass is 439 g/mol. The number of carbonyl (C=O) groups is 1. The van der Waals surface area contributed by atoms with E-state index in [-0.39, 0.29) is 6.61 Å². The fourth-order valence-electron chi connectivity index (χ4n) is 2.79. The molecule has 0 bridgehead atoms. The number of amides is 1. The number of pyridine rings is 1. The van der Waals surface area contributed by atoms with E-state index < -0.39 is 5.91 Å². The summed E-state index contributed by atoms with van der Waals surface area (Å²) in [5.74, 6) is 1.14. The van der Waals surface area contributed by atoms with E-state index >= 15 is 0 Å². The summed E-state index contributed by atoms with van der Waals surface area (Å²) in [4.78, 5) is 16.3. The van der Waals surface area contributed by atoms with Gasteiger partial charge >= 0.3 is 0 Å². The summed E-state index contributed by atoms with van der Waals surface area (Å²) in [6.07, 6.45) is 3.07. The molecule has 4 aromatic rings. The number of rotatable bonds is 6. The van der Waals surface area contributed by atoms with Gasteiger partial charge in [0.2, 0.25) is 0 Å². The van der Waals surface area contributed by atoms with Crippen LogP contribution in [0.5, 0.6) is 5.75 Å². The lowest BCUT2D eigenvalue weighted by molar-refractivity contribution is -0.123. The van der Waals surface area contributed by atoms with Crippen molar-refractivity contribution in [3.8, 4) is 17.1 Å². The smallest absolute Gasteiger partial charge is 0.277 e. The SMILES string of the molecule is O=C(COc1cccc2cccnc12)N/N=C\c1ccc(-c2ccc(Cl)cc2Cl)o1. The second-order valence-corrected chi connectivity index (χ2v) is 7.08. The number of aromatic nitrogens is 1. The van der Waals surface area contributed by atoms with Gasteiger partial charge in [0.1, 0.15) is 22.8 Å². The maximum absolute atomic E-state index is 12.0. The van der Waals surface area contributed by atoms with Gasteiger partial charge in [-0.2, -0.15) is 5.10 Å². The third-order valence-electron chi connectivity index (χ3n) is 4.16. The summed E-state index contributed by atoms with van der Waals surface area (Å²) in [7, 11) is 0. The Morgan fingerprint density at radius 2 is 2.00 bits per heavy atom. The normalized spacial score (nSPS) is 11.1. The number of halogens is 2. The van der Waals surface area contributed by atoms with Crippen LogP contribution < -0.4 is 10.2 Å². The Bertz CT molecular complexity index is 1230. The highest BCUT2D eigenvalue weighted by Crippen LogP contribution is 2.31. The fraction of sp³-hybridized carbons (Fsp3) is 0.0455. The molecular formula is C22H15Cl2N3O3. The number of hydrogen-bond donors (Lipinski definition) is 1. The van der Waals surface area contributed by atoms with Gasteiger partial charge in [0, 0.05) is 22.2 Å². The zero-order valence-corrected chi connectivity index (χ0v) is 17.0. The van der Waals surface area contributed by atoms with Crippen molar-refractivity contribution in [3.63, 3.8) is 0 Å². The van der Waals surface area contributed by atoms with E-state index in [0.717, 1.165) is 5.39 Å². The molecule has 0 saturated carbocycles. The van der Waals surface area contributed by atoms with Crippen LogP contribution in [0.1, 0.15) is 5.76 Å². The van der Waals surface area contributed by atoms with Crippen LogP contribution in [0.2, 0.25) is 10.0 Å². The molecule has 8 heteroatoms. The molecule has 150 valence electrons. The second kappa shape index (κ2) is 8.98. The first kappa shape index (κ1) is 19.9.